The van der Waals surface area contributed by atoms with Gasteiger partial charge in [0.05, 0.1) is 22.0 Å². The lowest BCUT2D eigenvalue weighted by molar-refractivity contribution is 1.37. The van der Waals surface area contributed by atoms with Crippen molar-refractivity contribution in [3.8, 4) is 17.2 Å². The summed E-state index contributed by atoms with van der Waals surface area (Å²) in [6, 6.07) is 13.8. The van der Waals surface area contributed by atoms with Crippen LogP contribution in [0.1, 0.15) is 11.3 Å². The fraction of sp³-hybridized carbons (Fsp3) is 0.0667. The van der Waals surface area contributed by atoms with Gasteiger partial charge in [-0.05, 0) is 42.2 Å². The van der Waals surface area contributed by atoms with Crippen LogP contribution in [0.15, 0.2) is 41.3 Å². The van der Waals surface area contributed by atoms with Crippen LogP contribution in [-0.4, -0.2) is 4.37 Å². The van der Waals surface area contributed by atoms with E-state index in [-0.39, 0.29) is 0 Å². The number of rotatable bonds is 1. The summed E-state index contributed by atoms with van der Waals surface area (Å²) in [4.78, 5) is 0.931. The second-order valence-corrected chi connectivity index (χ2v) is 5.55. The molecule has 0 unspecified atom stereocenters. The first-order valence-electron chi connectivity index (χ1n) is 5.79. The number of hydrogen-bond donors (Lipinski definition) is 1. The number of thiol groups is 1. The van der Waals surface area contributed by atoms with Gasteiger partial charge in [0, 0.05) is 15.8 Å². The van der Waals surface area contributed by atoms with Crippen LogP contribution in [0.2, 0.25) is 0 Å². The van der Waals surface area contributed by atoms with Crippen LogP contribution in [0, 0.1) is 18.3 Å². The molecule has 0 radical (unpaired) electrons. The monoisotopic (exact) mass is 282 g/mol. The molecule has 0 bridgehead atoms. The maximum absolute atomic E-state index is 8.86. The highest BCUT2D eigenvalue weighted by atomic mass is 32.1. The van der Waals surface area contributed by atoms with Gasteiger partial charge in [-0.3, -0.25) is 0 Å². The van der Waals surface area contributed by atoms with Crippen molar-refractivity contribution in [2.75, 3.05) is 0 Å². The van der Waals surface area contributed by atoms with Crippen LogP contribution in [0.4, 0.5) is 0 Å². The molecule has 2 aromatic carbocycles. The van der Waals surface area contributed by atoms with Crippen molar-refractivity contribution in [2.24, 2.45) is 0 Å². The molecule has 0 aliphatic rings. The van der Waals surface area contributed by atoms with Gasteiger partial charge in [-0.1, -0.05) is 18.2 Å². The van der Waals surface area contributed by atoms with Gasteiger partial charge in [0.25, 0.3) is 0 Å². The molecular formula is C15H10N2S2. The summed E-state index contributed by atoms with van der Waals surface area (Å²) in [5.74, 6) is 0. The topological polar surface area (TPSA) is 36.7 Å². The van der Waals surface area contributed by atoms with Crippen molar-refractivity contribution in [3.05, 3.63) is 47.7 Å². The van der Waals surface area contributed by atoms with E-state index < -0.39 is 0 Å². The zero-order chi connectivity index (χ0) is 13.4. The quantitative estimate of drug-likeness (QED) is 0.670. The number of aromatic nitrogens is 1. The van der Waals surface area contributed by atoms with Crippen molar-refractivity contribution in [1.82, 2.24) is 4.37 Å². The lowest BCUT2D eigenvalue weighted by Gasteiger charge is -2.07. The molecule has 4 heteroatoms. The Hall–Kier alpha value is -1.83. The number of nitriles is 1. The van der Waals surface area contributed by atoms with Crippen LogP contribution in [0.5, 0.6) is 0 Å². The molecule has 0 aliphatic carbocycles. The Balaban J connectivity index is 2.28. The Morgan fingerprint density at radius 2 is 1.89 bits per heavy atom. The van der Waals surface area contributed by atoms with Gasteiger partial charge in [0.1, 0.15) is 0 Å². The maximum atomic E-state index is 8.86. The van der Waals surface area contributed by atoms with Crippen molar-refractivity contribution < 1.29 is 0 Å². The molecule has 3 aromatic rings. The molecule has 92 valence electrons. The molecule has 1 heterocycles. The molecule has 0 saturated heterocycles. The third-order valence-electron chi connectivity index (χ3n) is 3.10. The molecule has 0 spiro atoms. The van der Waals surface area contributed by atoms with Gasteiger partial charge >= 0.3 is 0 Å². The van der Waals surface area contributed by atoms with E-state index in [1.165, 1.54) is 16.9 Å². The number of benzene rings is 2. The van der Waals surface area contributed by atoms with E-state index in [9.17, 15) is 0 Å². The van der Waals surface area contributed by atoms with E-state index in [0.717, 1.165) is 26.4 Å². The molecule has 0 N–H and O–H groups in total. The predicted molar refractivity (Wildman–Crippen MR) is 81.8 cm³/mol. The van der Waals surface area contributed by atoms with E-state index in [1.54, 1.807) is 0 Å². The first kappa shape index (κ1) is 12.2. The summed E-state index contributed by atoms with van der Waals surface area (Å²) in [6.45, 7) is 2.01. The van der Waals surface area contributed by atoms with Crippen LogP contribution < -0.4 is 0 Å². The highest BCUT2D eigenvalue weighted by molar-refractivity contribution is 7.80. The van der Waals surface area contributed by atoms with Gasteiger partial charge in [-0.25, -0.2) is 0 Å². The number of fused-ring (bicyclic) bond motifs is 1. The van der Waals surface area contributed by atoms with Crippen LogP contribution in [0.3, 0.4) is 0 Å². The molecule has 0 saturated carbocycles. The third kappa shape index (κ3) is 2.01. The average Bonchev–Trinajstić information content (AvgIpc) is 2.80. The van der Waals surface area contributed by atoms with Crippen molar-refractivity contribution in [1.29, 1.82) is 5.26 Å². The molecule has 1 aromatic heterocycles. The number of nitrogens with zero attached hydrogens (tertiary/aromatic N) is 2. The van der Waals surface area contributed by atoms with E-state index in [2.05, 4.69) is 29.1 Å². The molecule has 19 heavy (non-hydrogen) atoms. The SMILES string of the molecule is Cc1nsc2c(-c3ccc(C#N)cc3)c(S)ccc12. The summed E-state index contributed by atoms with van der Waals surface area (Å²) in [5.41, 5.74) is 3.87. The average molecular weight is 282 g/mol. The molecule has 0 aliphatic heterocycles. The molecule has 2 nitrogen and oxygen atoms in total. The Morgan fingerprint density at radius 1 is 1.16 bits per heavy atom. The Labute approximate surface area is 120 Å². The van der Waals surface area contributed by atoms with Gasteiger partial charge in [-0.15, -0.1) is 12.6 Å². The van der Waals surface area contributed by atoms with E-state index in [0.29, 0.717) is 5.56 Å². The van der Waals surface area contributed by atoms with Crippen molar-refractivity contribution in [3.63, 3.8) is 0 Å². The van der Waals surface area contributed by atoms with Crippen molar-refractivity contribution in [2.45, 2.75) is 11.8 Å². The normalized spacial score (nSPS) is 10.6. The molecule has 0 fully saturated rings. The third-order valence-corrected chi connectivity index (χ3v) is 4.45. The van der Waals surface area contributed by atoms with Crippen LogP contribution >= 0.6 is 24.2 Å². The largest absolute Gasteiger partial charge is 0.197 e. The minimum atomic E-state index is 0.664. The van der Waals surface area contributed by atoms with Crippen LogP contribution in [-0.2, 0) is 0 Å². The smallest absolute Gasteiger partial charge is 0.0991 e. The van der Waals surface area contributed by atoms with E-state index >= 15 is 0 Å². The van der Waals surface area contributed by atoms with Gasteiger partial charge in [-0.2, -0.15) is 9.64 Å². The van der Waals surface area contributed by atoms with Gasteiger partial charge in [0.2, 0.25) is 0 Å². The Bertz CT molecular complexity index is 795. The summed E-state index contributed by atoms with van der Waals surface area (Å²) in [5, 5.41) is 10.0. The maximum Gasteiger partial charge on any atom is 0.0991 e. The predicted octanol–water partition coefficient (Wildman–Crippen LogP) is 4.43. The lowest BCUT2D eigenvalue weighted by Crippen LogP contribution is -1.82. The highest BCUT2D eigenvalue weighted by Gasteiger charge is 2.12. The standard InChI is InChI=1S/C15H10N2S2/c1-9-12-6-7-13(18)14(15(12)19-17-9)11-4-2-10(8-16)3-5-11/h2-7,18H,1H3. The fourth-order valence-corrected chi connectivity index (χ4v) is 3.46. The molecule has 0 amide bonds. The molecular weight excluding hydrogens is 272 g/mol. The minimum absolute atomic E-state index is 0.664. The van der Waals surface area contributed by atoms with Crippen molar-refractivity contribution >= 4 is 34.2 Å². The summed E-state index contributed by atoms with van der Waals surface area (Å²) in [7, 11) is 0. The van der Waals surface area contributed by atoms with Gasteiger partial charge < -0.3 is 0 Å². The van der Waals surface area contributed by atoms with Crippen LogP contribution in [0.25, 0.3) is 21.2 Å². The number of hydrogen-bond acceptors (Lipinski definition) is 4. The lowest BCUT2D eigenvalue weighted by atomic mass is 10.0. The first-order valence-corrected chi connectivity index (χ1v) is 7.01. The fourth-order valence-electron chi connectivity index (χ4n) is 2.11. The second-order valence-electron chi connectivity index (χ2n) is 4.29. The molecule has 0 atom stereocenters. The molecule has 3 rings (SSSR count). The van der Waals surface area contributed by atoms with E-state index in [1.807, 2.05) is 37.3 Å². The Kier molecular flexibility index (Phi) is 3.02. The zero-order valence-corrected chi connectivity index (χ0v) is 11.9. The van der Waals surface area contributed by atoms with Gasteiger partial charge in [0.15, 0.2) is 0 Å². The van der Waals surface area contributed by atoms with E-state index in [4.69, 9.17) is 5.26 Å². The summed E-state index contributed by atoms with van der Waals surface area (Å²) >= 11 is 6.05. The minimum Gasteiger partial charge on any atom is -0.197 e. The second kappa shape index (κ2) is 4.69. The first-order chi connectivity index (χ1) is 9.20. The summed E-state index contributed by atoms with van der Waals surface area (Å²) in [6.07, 6.45) is 0. The highest BCUT2D eigenvalue weighted by Crippen LogP contribution is 2.37. The Morgan fingerprint density at radius 3 is 2.58 bits per heavy atom. The summed E-state index contributed by atoms with van der Waals surface area (Å²) < 4.78 is 5.56. The zero-order valence-electron chi connectivity index (χ0n) is 10.2. The number of aryl methyl sites for hydroxylation is 1.